The first-order valence-electron chi connectivity index (χ1n) is 9.39. The number of phenolic OH excluding ortho intramolecular Hbond substituents is 1. The van der Waals surface area contributed by atoms with E-state index < -0.39 is 6.10 Å². The number of aromatic hydroxyl groups is 1. The fourth-order valence-corrected chi connectivity index (χ4v) is 3.74. The number of phenols is 1. The average Bonchev–Trinajstić information content (AvgIpc) is 3.16. The lowest BCUT2D eigenvalue weighted by Crippen LogP contribution is -2.35. The Hall–Kier alpha value is -2.34. The van der Waals surface area contributed by atoms with Crippen LogP contribution in [0.3, 0.4) is 0 Å². The maximum absolute atomic E-state index is 13.0. The minimum absolute atomic E-state index is 0.102. The first-order valence-corrected chi connectivity index (χ1v) is 9.39. The third kappa shape index (κ3) is 4.07. The molecule has 0 saturated heterocycles. The Morgan fingerprint density at radius 3 is 2.81 bits per heavy atom. The lowest BCUT2D eigenvalue weighted by molar-refractivity contribution is 0.0633. The van der Waals surface area contributed by atoms with Crippen molar-refractivity contribution in [3.8, 4) is 5.75 Å². The van der Waals surface area contributed by atoms with Gasteiger partial charge in [-0.2, -0.15) is 5.10 Å². The fourth-order valence-electron chi connectivity index (χ4n) is 3.74. The zero-order valence-corrected chi connectivity index (χ0v) is 15.2. The van der Waals surface area contributed by atoms with Crippen LogP contribution in [0.15, 0.2) is 30.5 Å². The minimum Gasteiger partial charge on any atom is -0.508 e. The van der Waals surface area contributed by atoms with Crippen LogP contribution < -0.4 is 0 Å². The summed E-state index contributed by atoms with van der Waals surface area (Å²) in [4.78, 5) is 14.7. The summed E-state index contributed by atoms with van der Waals surface area (Å²) in [5, 5.41) is 27.2. The van der Waals surface area contributed by atoms with E-state index in [0.717, 1.165) is 18.5 Å². The zero-order valence-electron chi connectivity index (χ0n) is 15.2. The molecule has 26 heavy (non-hydrogen) atoms. The summed E-state index contributed by atoms with van der Waals surface area (Å²) < 4.78 is 0. The van der Waals surface area contributed by atoms with Crippen molar-refractivity contribution in [2.75, 3.05) is 13.1 Å². The molecule has 140 valence electrons. The molecule has 3 N–H and O–H groups in total. The second-order valence-corrected chi connectivity index (χ2v) is 6.99. The Morgan fingerprint density at radius 2 is 2.12 bits per heavy atom. The highest BCUT2D eigenvalue weighted by molar-refractivity contribution is 5.95. The molecule has 2 aromatic rings. The molecule has 3 rings (SSSR count). The van der Waals surface area contributed by atoms with E-state index in [9.17, 15) is 15.0 Å². The Labute approximate surface area is 153 Å². The van der Waals surface area contributed by atoms with Gasteiger partial charge in [-0.3, -0.25) is 9.89 Å². The molecule has 1 saturated carbocycles. The van der Waals surface area contributed by atoms with Gasteiger partial charge in [-0.1, -0.05) is 31.4 Å². The molecule has 0 aliphatic heterocycles. The van der Waals surface area contributed by atoms with Crippen LogP contribution in [0.5, 0.6) is 5.75 Å². The summed E-state index contributed by atoms with van der Waals surface area (Å²) in [6.45, 7) is 2.56. The Balaban J connectivity index is 1.74. The largest absolute Gasteiger partial charge is 0.508 e. The SMILES string of the molecule is CCN(C[C@@H](O)c1cccc(O)c1)C(=O)c1cn[nH]c1C1CCCCC1. The number of rotatable bonds is 6. The number of carbonyl (C=O) groups is 1. The molecule has 1 aliphatic rings. The van der Waals surface area contributed by atoms with Crippen LogP contribution in [0.25, 0.3) is 0 Å². The van der Waals surface area contributed by atoms with Gasteiger partial charge in [0.25, 0.3) is 5.91 Å². The Bertz CT molecular complexity index is 737. The number of likely N-dealkylation sites (N-methyl/N-ethyl adjacent to an activating group) is 1. The van der Waals surface area contributed by atoms with E-state index in [1.165, 1.54) is 25.3 Å². The van der Waals surface area contributed by atoms with Crippen molar-refractivity contribution in [3.05, 3.63) is 47.3 Å². The van der Waals surface area contributed by atoms with Gasteiger partial charge in [0.05, 0.1) is 30.1 Å². The van der Waals surface area contributed by atoms with Crippen molar-refractivity contribution < 1.29 is 15.0 Å². The Morgan fingerprint density at radius 1 is 1.35 bits per heavy atom. The Kier molecular flexibility index (Phi) is 5.93. The van der Waals surface area contributed by atoms with Crippen molar-refractivity contribution in [1.82, 2.24) is 15.1 Å². The molecule has 1 aliphatic carbocycles. The third-order valence-corrected chi connectivity index (χ3v) is 5.23. The van der Waals surface area contributed by atoms with E-state index in [0.29, 0.717) is 23.6 Å². The third-order valence-electron chi connectivity index (χ3n) is 5.23. The van der Waals surface area contributed by atoms with Gasteiger partial charge in [-0.25, -0.2) is 0 Å². The highest BCUT2D eigenvalue weighted by atomic mass is 16.3. The van der Waals surface area contributed by atoms with E-state index >= 15 is 0 Å². The number of carbonyl (C=O) groups excluding carboxylic acids is 1. The van der Waals surface area contributed by atoms with Gasteiger partial charge < -0.3 is 15.1 Å². The maximum atomic E-state index is 13.0. The van der Waals surface area contributed by atoms with Gasteiger partial charge in [-0.05, 0) is 37.5 Å². The van der Waals surface area contributed by atoms with Crippen LogP contribution >= 0.6 is 0 Å². The second kappa shape index (κ2) is 8.36. The highest BCUT2D eigenvalue weighted by Gasteiger charge is 2.27. The molecule has 0 bridgehead atoms. The number of nitrogens with one attached hydrogen (secondary N) is 1. The quantitative estimate of drug-likeness (QED) is 0.739. The molecule has 1 amide bonds. The number of aromatic amines is 1. The average molecular weight is 357 g/mol. The number of hydrogen-bond acceptors (Lipinski definition) is 4. The first-order chi connectivity index (χ1) is 12.6. The summed E-state index contributed by atoms with van der Waals surface area (Å²) in [5.74, 6) is 0.353. The molecule has 0 spiro atoms. The minimum atomic E-state index is -0.851. The number of benzene rings is 1. The van der Waals surface area contributed by atoms with Gasteiger partial charge in [0.1, 0.15) is 5.75 Å². The maximum Gasteiger partial charge on any atom is 0.257 e. The number of aliphatic hydroxyl groups excluding tert-OH is 1. The number of H-pyrrole nitrogens is 1. The number of hydrogen-bond donors (Lipinski definition) is 3. The summed E-state index contributed by atoms with van der Waals surface area (Å²) in [6, 6.07) is 6.51. The molecule has 6 heteroatoms. The summed E-state index contributed by atoms with van der Waals surface area (Å²) >= 11 is 0. The van der Waals surface area contributed by atoms with Crippen molar-refractivity contribution >= 4 is 5.91 Å². The van der Waals surface area contributed by atoms with Crippen molar-refractivity contribution in [3.63, 3.8) is 0 Å². The fraction of sp³-hybridized carbons (Fsp3) is 0.500. The van der Waals surface area contributed by atoms with Gasteiger partial charge in [0, 0.05) is 12.5 Å². The molecule has 1 fully saturated rings. The van der Waals surface area contributed by atoms with Crippen LogP contribution in [0.4, 0.5) is 0 Å². The van der Waals surface area contributed by atoms with E-state index in [1.54, 1.807) is 29.3 Å². The van der Waals surface area contributed by atoms with Gasteiger partial charge in [-0.15, -0.1) is 0 Å². The standard InChI is InChI=1S/C20H27N3O3/c1-2-23(13-18(25)15-9-6-10-16(24)11-15)20(26)17-12-21-22-19(17)14-7-4-3-5-8-14/h6,9-12,14,18,24-25H,2-5,7-8,13H2,1H3,(H,21,22)/t18-/m1/s1. The highest BCUT2D eigenvalue weighted by Crippen LogP contribution is 2.33. The number of aliphatic hydroxyl groups is 1. The van der Waals surface area contributed by atoms with E-state index in [4.69, 9.17) is 0 Å². The molecular formula is C20H27N3O3. The van der Waals surface area contributed by atoms with E-state index in [2.05, 4.69) is 10.2 Å². The van der Waals surface area contributed by atoms with Crippen molar-refractivity contribution in [1.29, 1.82) is 0 Å². The molecule has 0 radical (unpaired) electrons. The van der Waals surface area contributed by atoms with Crippen molar-refractivity contribution in [2.24, 2.45) is 0 Å². The predicted octanol–water partition coefficient (Wildman–Crippen LogP) is 3.36. The molecule has 1 atom stereocenters. The normalized spacial score (nSPS) is 16.4. The van der Waals surface area contributed by atoms with E-state index in [1.807, 2.05) is 6.92 Å². The number of amides is 1. The molecule has 6 nitrogen and oxygen atoms in total. The number of aromatic nitrogens is 2. The monoisotopic (exact) mass is 357 g/mol. The molecule has 1 heterocycles. The lowest BCUT2D eigenvalue weighted by atomic mass is 9.85. The first kappa shape index (κ1) is 18.5. The smallest absolute Gasteiger partial charge is 0.257 e. The molecule has 0 unspecified atom stereocenters. The van der Waals surface area contributed by atoms with Gasteiger partial charge >= 0.3 is 0 Å². The molecule has 1 aromatic carbocycles. The van der Waals surface area contributed by atoms with Gasteiger partial charge in [0.2, 0.25) is 0 Å². The van der Waals surface area contributed by atoms with E-state index in [-0.39, 0.29) is 18.2 Å². The van der Waals surface area contributed by atoms with Crippen molar-refractivity contribution in [2.45, 2.75) is 51.0 Å². The van der Waals surface area contributed by atoms with Gasteiger partial charge in [0.15, 0.2) is 0 Å². The summed E-state index contributed by atoms with van der Waals surface area (Å²) in [6.07, 6.45) is 6.55. The van der Waals surface area contributed by atoms with Crippen LogP contribution in [0.2, 0.25) is 0 Å². The summed E-state index contributed by atoms with van der Waals surface area (Å²) in [7, 11) is 0. The molecular weight excluding hydrogens is 330 g/mol. The van der Waals surface area contributed by atoms with Crippen LogP contribution in [-0.2, 0) is 0 Å². The van der Waals surface area contributed by atoms with Crippen LogP contribution in [0, 0.1) is 0 Å². The lowest BCUT2D eigenvalue weighted by Gasteiger charge is -2.26. The van der Waals surface area contributed by atoms with Crippen LogP contribution in [-0.4, -0.2) is 44.3 Å². The summed E-state index contributed by atoms with van der Waals surface area (Å²) in [5.41, 5.74) is 2.14. The van der Waals surface area contributed by atoms with Crippen LogP contribution in [0.1, 0.15) is 72.7 Å². The topological polar surface area (TPSA) is 89.4 Å². The zero-order chi connectivity index (χ0) is 18.5. The second-order valence-electron chi connectivity index (χ2n) is 6.99. The number of nitrogens with zero attached hydrogens (tertiary/aromatic N) is 2. The molecule has 1 aromatic heterocycles. The predicted molar refractivity (Wildman–Crippen MR) is 99.1 cm³/mol.